The molecule has 0 amide bonds. The van der Waals surface area contributed by atoms with Crippen LogP contribution in [0.2, 0.25) is 0 Å². The van der Waals surface area contributed by atoms with E-state index in [0.717, 1.165) is 25.7 Å². The Hall–Kier alpha value is -1.14. The van der Waals surface area contributed by atoms with E-state index in [9.17, 15) is 8.42 Å². The van der Waals surface area contributed by atoms with Crippen LogP contribution in [0, 0.1) is 0 Å². The Kier molecular flexibility index (Phi) is 4.42. The zero-order chi connectivity index (χ0) is 13.9. The lowest BCUT2D eigenvalue weighted by molar-refractivity contribution is 0.335. The Labute approximate surface area is 114 Å². The Balaban J connectivity index is 2.20. The molecule has 1 heterocycles. The van der Waals surface area contributed by atoms with Gasteiger partial charge in [-0.2, -0.15) is 4.31 Å². The molecule has 0 radical (unpaired) electrons. The van der Waals surface area contributed by atoms with E-state index in [4.69, 9.17) is 5.73 Å². The molecular formula is C13H21N3O2S. The minimum absolute atomic E-state index is 0.102. The van der Waals surface area contributed by atoms with Crippen molar-refractivity contribution in [1.82, 2.24) is 9.29 Å². The summed E-state index contributed by atoms with van der Waals surface area (Å²) in [5.74, 6) is 0.330. The van der Waals surface area contributed by atoms with Crippen molar-refractivity contribution in [3.63, 3.8) is 0 Å². The van der Waals surface area contributed by atoms with Gasteiger partial charge in [-0.3, -0.25) is 0 Å². The fraction of sp³-hybridized carbons (Fsp3) is 0.615. The number of hydrogen-bond donors (Lipinski definition) is 1. The number of rotatable bonds is 3. The molecule has 1 aliphatic rings. The third kappa shape index (κ3) is 3.25. The summed E-state index contributed by atoms with van der Waals surface area (Å²) < 4.78 is 26.5. The Morgan fingerprint density at radius 2 is 1.84 bits per heavy atom. The molecule has 1 saturated carbocycles. The molecule has 2 rings (SSSR count). The molecule has 0 saturated heterocycles. The first-order valence-corrected chi connectivity index (χ1v) is 8.15. The first kappa shape index (κ1) is 14.3. The number of nitrogens with two attached hydrogens (primary N) is 1. The Morgan fingerprint density at radius 3 is 2.37 bits per heavy atom. The number of anilines is 1. The second kappa shape index (κ2) is 5.88. The van der Waals surface area contributed by atoms with E-state index in [-0.39, 0.29) is 10.9 Å². The number of hydrogen-bond acceptors (Lipinski definition) is 4. The second-order valence-electron chi connectivity index (χ2n) is 5.09. The topological polar surface area (TPSA) is 76.3 Å². The SMILES string of the molecule is CN(C1CCCCCC1)S(=O)(=O)c1ccc(N)nc1. The van der Waals surface area contributed by atoms with Crippen LogP contribution < -0.4 is 5.73 Å². The predicted molar refractivity (Wildman–Crippen MR) is 75.1 cm³/mol. The highest BCUT2D eigenvalue weighted by molar-refractivity contribution is 7.89. The summed E-state index contributed by atoms with van der Waals surface area (Å²) in [5, 5.41) is 0. The predicted octanol–water partition coefficient (Wildman–Crippen LogP) is 2.01. The van der Waals surface area contributed by atoms with Gasteiger partial charge in [0, 0.05) is 19.3 Å². The summed E-state index contributed by atoms with van der Waals surface area (Å²) in [5.41, 5.74) is 5.49. The third-order valence-electron chi connectivity index (χ3n) is 3.78. The molecule has 0 aliphatic heterocycles. The van der Waals surface area contributed by atoms with Gasteiger partial charge in [0.15, 0.2) is 0 Å². The van der Waals surface area contributed by atoms with Crippen LogP contribution in [0.25, 0.3) is 0 Å². The lowest BCUT2D eigenvalue weighted by atomic mass is 10.1. The standard InChI is InChI=1S/C13H21N3O2S/c1-16(11-6-4-2-3-5-7-11)19(17,18)12-8-9-13(14)15-10-12/h8-11H,2-7H2,1H3,(H2,14,15). The Morgan fingerprint density at radius 1 is 1.21 bits per heavy atom. The molecule has 2 N–H and O–H groups in total. The van der Waals surface area contributed by atoms with Gasteiger partial charge in [-0.05, 0) is 25.0 Å². The van der Waals surface area contributed by atoms with Crippen LogP contribution in [0.4, 0.5) is 5.82 Å². The summed E-state index contributed by atoms with van der Waals surface area (Å²) >= 11 is 0. The van der Waals surface area contributed by atoms with Gasteiger partial charge < -0.3 is 5.73 Å². The highest BCUT2D eigenvalue weighted by Crippen LogP contribution is 2.25. The van der Waals surface area contributed by atoms with Crippen LogP contribution in [-0.4, -0.2) is 30.8 Å². The third-order valence-corrected chi connectivity index (χ3v) is 5.67. The molecule has 19 heavy (non-hydrogen) atoms. The number of nitrogen functional groups attached to an aromatic ring is 1. The molecule has 0 spiro atoms. The van der Waals surface area contributed by atoms with Crippen LogP contribution in [0.15, 0.2) is 23.2 Å². The van der Waals surface area contributed by atoms with Gasteiger partial charge in [-0.1, -0.05) is 25.7 Å². The van der Waals surface area contributed by atoms with Crippen LogP contribution in [0.5, 0.6) is 0 Å². The summed E-state index contributed by atoms with van der Waals surface area (Å²) in [4.78, 5) is 4.08. The second-order valence-corrected chi connectivity index (χ2v) is 7.08. The van der Waals surface area contributed by atoms with Crippen LogP contribution in [0.3, 0.4) is 0 Å². The van der Waals surface area contributed by atoms with Crippen molar-refractivity contribution in [2.75, 3.05) is 12.8 Å². The molecule has 1 fully saturated rings. The monoisotopic (exact) mass is 283 g/mol. The van der Waals surface area contributed by atoms with Crippen molar-refractivity contribution in [1.29, 1.82) is 0 Å². The molecule has 0 aromatic carbocycles. The van der Waals surface area contributed by atoms with Gasteiger partial charge in [-0.25, -0.2) is 13.4 Å². The van der Waals surface area contributed by atoms with E-state index in [1.807, 2.05) is 0 Å². The summed E-state index contributed by atoms with van der Waals surface area (Å²) in [6.07, 6.45) is 7.82. The average molecular weight is 283 g/mol. The maximum Gasteiger partial charge on any atom is 0.244 e. The average Bonchev–Trinajstić information content (AvgIpc) is 2.67. The first-order valence-electron chi connectivity index (χ1n) is 6.71. The number of sulfonamides is 1. The molecule has 1 aromatic heterocycles. The smallest absolute Gasteiger partial charge is 0.244 e. The molecule has 5 nitrogen and oxygen atoms in total. The molecule has 0 unspecified atom stereocenters. The molecule has 6 heteroatoms. The van der Waals surface area contributed by atoms with Crippen LogP contribution in [0.1, 0.15) is 38.5 Å². The lowest BCUT2D eigenvalue weighted by Crippen LogP contribution is -2.36. The molecule has 106 valence electrons. The summed E-state index contributed by atoms with van der Waals surface area (Å²) in [7, 11) is -1.79. The van der Waals surface area contributed by atoms with E-state index >= 15 is 0 Å². The molecule has 0 bridgehead atoms. The van der Waals surface area contributed by atoms with Crippen molar-refractivity contribution < 1.29 is 8.42 Å². The van der Waals surface area contributed by atoms with Crippen molar-refractivity contribution in [3.8, 4) is 0 Å². The van der Waals surface area contributed by atoms with Crippen LogP contribution in [-0.2, 0) is 10.0 Å². The summed E-state index contributed by atoms with van der Waals surface area (Å²) in [6, 6.07) is 3.14. The van der Waals surface area contributed by atoms with E-state index in [0.29, 0.717) is 5.82 Å². The van der Waals surface area contributed by atoms with Crippen molar-refractivity contribution >= 4 is 15.8 Å². The fourth-order valence-electron chi connectivity index (χ4n) is 2.53. The number of aromatic nitrogens is 1. The van der Waals surface area contributed by atoms with Crippen molar-refractivity contribution in [2.24, 2.45) is 0 Å². The highest BCUT2D eigenvalue weighted by atomic mass is 32.2. The van der Waals surface area contributed by atoms with Gasteiger partial charge in [0.25, 0.3) is 0 Å². The minimum atomic E-state index is -3.46. The van der Waals surface area contributed by atoms with Gasteiger partial charge >= 0.3 is 0 Å². The van der Waals surface area contributed by atoms with Crippen LogP contribution >= 0.6 is 0 Å². The first-order chi connectivity index (χ1) is 9.01. The Bertz CT molecular complexity index is 505. The zero-order valence-electron chi connectivity index (χ0n) is 11.2. The molecule has 1 aromatic rings. The molecule has 1 aliphatic carbocycles. The normalized spacial score (nSPS) is 18.4. The molecule has 0 atom stereocenters. The van der Waals surface area contributed by atoms with E-state index in [2.05, 4.69) is 4.98 Å². The maximum atomic E-state index is 12.5. The van der Waals surface area contributed by atoms with Crippen molar-refractivity contribution in [2.45, 2.75) is 49.5 Å². The zero-order valence-corrected chi connectivity index (χ0v) is 12.1. The van der Waals surface area contributed by atoms with Crippen molar-refractivity contribution in [3.05, 3.63) is 18.3 Å². The van der Waals surface area contributed by atoms with E-state index in [1.54, 1.807) is 7.05 Å². The molecular weight excluding hydrogens is 262 g/mol. The largest absolute Gasteiger partial charge is 0.384 e. The van der Waals surface area contributed by atoms with Gasteiger partial charge in [0.2, 0.25) is 10.0 Å². The quantitative estimate of drug-likeness (QED) is 0.861. The van der Waals surface area contributed by atoms with Gasteiger partial charge in [0.05, 0.1) is 0 Å². The van der Waals surface area contributed by atoms with Gasteiger partial charge in [0.1, 0.15) is 10.7 Å². The highest BCUT2D eigenvalue weighted by Gasteiger charge is 2.28. The maximum absolute atomic E-state index is 12.5. The van der Waals surface area contributed by atoms with Gasteiger partial charge in [-0.15, -0.1) is 0 Å². The lowest BCUT2D eigenvalue weighted by Gasteiger charge is -2.26. The van der Waals surface area contributed by atoms with E-state index < -0.39 is 10.0 Å². The number of nitrogens with zero attached hydrogens (tertiary/aromatic N) is 2. The summed E-state index contributed by atoms with van der Waals surface area (Å²) in [6.45, 7) is 0. The van der Waals surface area contributed by atoms with E-state index in [1.165, 1.54) is 35.5 Å². The number of pyridine rings is 1. The minimum Gasteiger partial charge on any atom is -0.384 e. The fourth-order valence-corrected chi connectivity index (χ4v) is 3.89.